The molecule has 20 nitrogen and oxygen atoms in total. The number of rotatable bonds is 8. The number of pyridine rings is 1. The van der Waals surface area contributed by atoms with Gasteiger partial charge in [-0.25, -0.2) is 0 Å². The third-order valence-corrected chi connectivity index (χ3v) is 11.9. The Hall–Kier alpha value is -6.23. The number of likely N-dealkylation sites (N-methyl/N-ethyl adjacent to an activating group) is 4. The summed E-state index contributed by atoms with van der Waals surface area (Å²) in [5.41, 5.74) is 7.30. The van der Waals surface area contributed by atoms with E-state index in [1.165, 1.54) is 22.3 Å². The first kappa shape index (κ1) is 66.8. The first-order valence-electron chi connectivity index (χ1n) is 23.8. The lowest BCUT2D eigenvalue weighted by Crippen LogP contribution is -2.49. The highest BCUT2D eigenvalue weighted by molar-refractivity contribution is 5.69. The van der Waals surface area contributed by atoms with Crippen LogP contribution in [-0.4, -0.2) is 200 Å². The fourth-order valence-corrected chi connectivity index (χ4v) is 7.97. The van der Waals surface area contributed by atoms with Crippen molar-refractivity contribution in [2.45, 2.75) is 90.4 Å². The summed E-state index contributed by atoms with van der Waals surface area (Å²) in [6.45, 7) is 22.9. The summed E-state index contributed by atoms with van der Waals surface area (Å²) in [7, 11) is 8.50. The zero-order valence-electron chi connectivity index (χ0n) is 44.3. The fourth-order valence-electron chi connectivity index (χ4n) is 7.97. The summed E-state index contributed by atoms with van der Waals surface area (Å²) < 4.78 is 5.78. The molecule has 0 aliphatic carbocycles. The van der Waals surface area contributed by atoms with Gasteiger partial charge in [0.05, 0.1) is 37.7 Å². The molecule has 402 valence electrons. The zero-order chi connectivity index (χ0) is 55.6. The van der Waals surface area contributed by atoms with Crippen LogP contribution in [0.25, 0.3) is 0 Å². The van der Waals surface area contributed by atoms with Crippen LogP contribution in [0.15, 0.2) is 66.7 Å². The number of aliphatic carboxylic acids is 2. The van der Waals surface area contributed by atoms with Crippen molar-refractivity contribution in [2.75, 3.05) is 107 Å². The highest BCUT2D eigenvalue weighted by Gasteiger charge is 2.26. The Morgan fingerprint density at radius 1 is 0.521 bits per heavy atom. The molecule has 0 unspecified atom stereocenters. The Morgan fingerprint density at radius 2 is 0.877 bits per heavy atom. The van der Waals surface area contributed by atoms with E-state index in [1.54, 1.807) is 0 Å². The van der Waals surface area contributed by atoms with Gasteiger partial charge in [-0.2, -0.15) is 38.4 Å². The van der Waals surface area contributed by atoms with E-state index >= 15 is 0 Å². The van der Waals surface area contributed by atoms with Crippen molar-refractivity contribution in [3.05, 3.63) is 100 Å². The van der Waals surface area contributed by atoms with Crippen LogP contribution in [-0.2, 0) is 89.4 Å². The standard InChI is InChI=1S/C26H38N4O2.C23H39N3O3.4CO2/c1-26(2,3)21-11-9-20(10-12-21)15-24-18-29(5)14-13-28(4)16-22-7-6-8-23(27-22)17-30(24)19-25(31)32;1-23(2,3)20-8-6-19(7-9-20)16-21-17-25(5)11-10-24(4)12-14-29-15-13-26(21)18-22(27)28;4*2-1-3/h6-12,24H,13-19H2,1-5H3,(H,31,32);6-9,21H,10-18H2,1-5H3,(H,27,28);;;;/t24-;21-;;;;/m00..../s1. The molecule has 2 aliphatic rings. The maximum atomic E-state index is 11.8. The topological polar surface area (TPSA) is 253 Å². The smallest absolute Gasteiger partial charge is 0.373 e. The van der Waals surface area contributed by atoms with E-state index < -0.39 is 11.9 Å². The SMILES string of the molecule is CN1CCN(C)C[C@H](Cc2ccc(C(C)(C)C)cc2)N(CC(=O)O)Cc2cccc(n2)C1.CN1CCOCCN(CC(=O)O)[C@@H](Cc2ccc(C(C)(C)C)cc2)CN(C)CC1.O=C=O.O=C=O.O=C=O.O=C=O. The lowest BCUT2D eigenvalue weighted by Gasteiger charge is -2.35. The molecule has 1 saturated heterocycles. The van der Waals surface area contributed by atoms with Crippen LogP contribution in [0.2, 0.25) is 0 Å². The van der Waals surface area contributed by atoms with E-state index in [-0.39, 0.29) is 60.6 Å². The number of aromatic nitrogens is 1. The van der Waals surface area contributed by atoms with Crippen molar-refractivity contribution in [3.63, 3.8) is 0 Å². The van der Waals surface area contributed by atoms with Crippen LogP contribution in [0.5, 0.6) is 0 Å². The molecule has 20 heteroatoms. The van der Waals surface area contributed by atoms with Crippen LogP contribution >= 0.6 is 0 Å². The number of fused-ring (bicyclic) bond motifs is 2. The largest absolute Gasteiger partial charge is 0.480 e. The number of hydrogen-bond donors (Lipinski definition) is 2. The number of carbonyl (C=O) groups excluding carboxylic acids is 8. The second kappa shape index (κ2) is 36.6. The number of benzene rings is 2. The molecule has 3 heterocycles. The van der Waals surface area contributed by atoms with E-state index in [0.717, 1.165) is 76.6 Å². The third-order valence-electron chi connectivity index (χ3n) is 11.9. The molecular weight excluding hydrogens is 943 g/mol. The number of carboxylic acids is 2. The average molecular weight is 1020 g/mol. The molecule has 5 rings (SSSR count). The molecule has 3 aromatic rings. The van der Waals surface area contributed by atoms with Crippen LogP contribution in [0, 0.1) is 0 Å². The van der Waals surface area contributed by atoms with Gasteiger partial charge in [-0.1, -0.05) is 96.1 Å². The van der Waals surface area contributed by atoms with Gasteiger partial charge in [0.25, 0.3) is 0 Å². The van der Waals surface area contributed by atoms with Gasteiger partial charge in [0.2, 0.25) is 0 Å². The molecule has 0 radical (unpaired) electrons. The summed E-state index contributed by atoms with van der Waals surface area (Å²) in [4.78, 5) is 106. The number of hydrogen-bond acceptors (Lipinski definition) is 18. The van der Waals surface area contributed by atoms with Crippen molar-refractivity contribution in [1.82, 2.24) is 34.4 Å². The predicted molar refractivity (Wildman–Crippen MR) is 266 cm³/mol. The molecule has 1 aromatic heterocycles. The molecular formula is C53H77N7O13. The minimum Gasteiger partial charge on any atom is -0.480 e. The maximum Gasteiger partial charge on any atom is 0.373 e. The molecule has 0 spiro atoms. The first-order chi connectivity index (χ1) is 34.4. The molecule has 2 aliphatic heterocycles. The quantitative estimate of drug-likeness (QED) is 0.329. The van der Waals surface area contributed by atoms with E-state index in [1.807, 2.05) is 18.2 Å². The first-order valence-corrected chi connectivity index (χ1v) is 23.8. The monoisotopic (exact) mass is 1020 g/mol. The Kier molecular flexibility index (Phi) is 33.5. The van der Waals surface area contributed by atoms with Gasteiger partial charge in [0.15, 0.2) is 0 Å². The van der Waals surface area contributed by atoms with Crippen molar-refractivity contribution in [2.24, 2.45) is 0 Å². The third kappa shape index (κ3) is 30.4. The van der Waals surface area contributed by atoms with E-state index in [0.29, 0.717) is 26.3 Å². The van der Waals surface area contributed by atoms with E-state index in [9.17, 15) is 19.8 Å². The number of ether oxygens (including phenoxy) is 1. The lowest BCUT2D eigenvalue weighted by molar-refractivity contribution is -0.193. The summed E-state index contributed by atoms with van der Waals surface area (Å²) in [6, 6.07) is 23.9. The number of carboxylic acid groups (broad SMARTS) is 2. The van der Waals surface area contributed by atoms with E-state index in [4.69, 9.17) is 48.1 Å². The summed E-state index contributed by atoms with van der Waals surface area (Å²) in [5.74, 6) is -1.59. The van der Waals surface area contributed by atoms with Crippen molar-refractivity contribution < 1.29 is 62.9 Å². The maximum absolute atomic E-state index is 11.8. The minimum atomic E-state index is -0.802. The summed E-state index contributed by atoms with van der Waals surface area (Å²) in [5, 5.41) is 19.1. The van der Waals surface area contributed by atoms with Crippen LogP contribution in [0.4, 0.5) is 0 Å². The molecule has 2 atom stereocenters. The van der Waals surface area contributed by atoms with Crippen LogP contribution in [0.1, 0.15) is 75.2 Å². The number of carbonyl (C=O) groups is 2. The summed E-state index contributed by atoms with van der Waals surface area (Å²) in [6.07, 6.45) is 2.63. The van der Waals surface area contributed by atoms with Gasteiger partial charge >= 0.3 is 36.5 Å². The molecule has 2 aromatic carbocycles. The van der Waals surface area contributed by atoms with Gasteiger partial charge in [-0.05, 0) is 86.2 Å². The highest BCUT2D eigenvalue weighted by Crippen LogP contribution is 2.25. The molecule has 2 N–H and O–H groups in total. The lowest BCUT2D eigenvalue weighted by atomic mass is 9.86. The zero-order valence-corrected chi connectivity index (χ0v) is 44.3. The predicted octanol–water partition coefficient (Wildman–Crippen LogP) is 3.10. The average Bonchev–Trinajstić information content (AvgIpc) is 3.29. The molecule has 1 fully saturated rings. The van der Waals surface area contributed by atoms with E-state index in [2.05, 4.69) is 148 Å². The molecule has 2 bridgehead atoms. The second-order valence-corrected chi connectivity index (χ2v) is 19.9. The Morgan fingerprint density at radius 3 is 1.29 bits per heavy atom. The van der Waals surface area contributed by atoms with Crippen molar-refractivity contribution >= 4 is 36.5 Å². The second-order valence-electron chi connectivity index (χ2n) is 19.9. The van der Waals surface area contributed by atoms with Crippen molar-refractivity contribution in [3.8, 4) is 0 Å². The molecule has 0 saturated carbocycles. The van der Waals surface area contributed by atoms with Crippen LogP contribution in [0.3, 0.4) is 0 Å². The van der Waals surface area contributed by atoms with Gasteiger partial charge in [0.1, 0.15) is 0 Å². The van der Waals surface area contributed by atoms with Gasteiger partial charge in [-0.15, -0.1) is 0 Å². The van der Waals surface area contributed by atoms with Crippen molar-refractivity contribution in [1.29, 1.82) is 0 Å². The normalized spacial score (nSPS) is 17.9. The Balaban J connectivity index is 0.00000117. The van der Waals surface area contributed by atoms with Gasteiger partial charge < -0.3 is 29.6 Å². The van der Waals surface area contributed by atoms with Gasteiger partial charge in [-0.3, -0.25) is 29.3 Å². The Bertz CT molecular complexity index is 2130. The van der Waals surface area contributed by atoms with Gasteiger partial charge in [0, 0.05) is 77.5 Å². The molecule has 73 heavy (non-hydrogen) atoms. The molecule has 0 amide bonds. The fraction of sp³-hybridized carbons (Fsp3) is 0.566. The van der Waals surface area contributed by atoms with Crippen LogP contribution < -0.4 is 0 Å². The summed E-state index contributed by atoms with van der Waals surface area (Å²) >= 11 is 0. The highest BCUT2D eigenvalue weighted by atomic mass is 16.5. The Labute approximate surface area is 430 Å². The minimum absolute atomic E-state index is 0.00436. The number of nitrogens with zero attached hydrogens (tertiary/aromatic N) is 7.